The number of amides is 1. The standard InChI is InChI=1S/C21H25F3N2O3S2/c1-26(10-7-14-5-8-25-9-6-14)20(27)17-4-3-15(11-19(17)31(2,28)29)18-12-16(13-30-18)21(22,23)24/h3-4,11-14,25H,5-10H2,1-2H3. The Morgan fingerprint density at radius 1 is 1.23 bits per heavy atom. The molecule has 1 aliphatic heterocycles. The summed E-state index contributed by atoms with van der Waals surface area (Å²) in [7, 11) is -2.14. The normalized spacial score (nSPS) is 15.8. The lowest BCUT2D eigenvalue weighted by Gasteiger charge is -2.25. The van der Waals surface area contributed by atoms with E-state index in [1.54, 1.807) is 7.05 Å². The first-order valence-electron chi connectivity index (χ1n) is 9.93. The molecule has 1 amide bonds. The summed E-state index contributed by atoms with van der Waals surface area (Å²) in [6.07, 6.45) is -0.543. The molecule has 170 valence electrons. The van der Waals surface area contributed by atoms with Crippen molar-refractivity contribution in [3.63, 3.8) is 0 Å². The lowest BCUT2D eigenvalue weighted by Crippen LogP contribution is -2.33. The highest BCUT2D eigenvalue weighted by atomic mass is 32.2. The first kappa shape index (κ1) is 23.7. The van der Waals surface area contributed by atoms with Crippen molar-refractivity contribution in [1.29, 1.82) is 0 Å². The summed E-state index contributed by atoms with van der Waals surface area (Å²) < 4.78 is 63.5. The summed E-state index contributed by atoms with van der Waals surface area (Å²) in [5, 5.41) is 4.28. The van der Waals surface area contributed by atoms with Crippen LogP contribution in [0.2, 0.25) is 0 Å². The van der Waals surface area contributed by atoms with Crippen molar-refractivity contribution in [3.8, 4) is 10.4 Å². The molecule has 1 aromatic heterocycles. The highest BCUT2D eigenvalue weighted by Crippen LogP contribution is 2.37. The van der Waals surface area contributed by atoms with Crippen molar-refractivity contribution in [2.24, 2.45) is 5.92 Å². The third-order valence-corrected chi connectivity index (χ3v) is 7.62. The lowest BCUT2D eigenvalue weighted by molar-refractivity contribution is -0.137. The van der Waals surface area contributed by atoms with Crippen LogP contribution in [0.15, 0.2) is 34.5 Å². The number of benzene rings is 1. The molecule has 0 atom stereocenters. The third-order valence-electron chi connectivity index (χ3n) is 5.50. The van der Waals surface area contributed by atoms with Crippen LogP contribution in [-0.4, -0.2) is 52.2 Å². The highest BCUT2D eigenvalue weighted by Gasteiger charge is 2.32. The molecule has 2 heterocycles. The van der Waals surface area contributed by atoms with Crippen LogP contribution in [0.4, 0.5) is 13.2 Å². The van der Waals surface area contributed by atoms with Gasteiger partial charge >= 0.3 is 6.18 Å². The molecule has 2 aromatic rings. The molecule has 1 N–H and O–H groups in total. The average molecular weight is 475 g/mol. The van der Waals surface area contributed by atoms with Crippen molar-refractivity contribution in [3.05, 3.63) is 40.8 Å². The Morgan fingerprint density at radius 3 is 2.48 bits per heavy atom. The maximum absolute atomic E-state index is 13.0. The number of thiophene rings is 1. The molecule has 10 heteroatoms. The van der Waals surface area contributed by atoms with Crippen LogP contribution in [0.3, 0.4) is 0 Å². The largest absolute Gasteiger partial charge is 0.417 e. The average Bonchev–Trinajstić information content (AvgIpc) is 3.22. The maximum Gasteiger partial charge on any atom is 0.417 e. The lowest BCUT2D eigenvalue weighted by atomic mass is 9.94. The Balaban J connectivity index is 1.84. The van der Waals surface area contributed by atoms with E-state index in [2.05, 4.69) is 5.32 Å². The molecule has 1 aliphatic rings. The highest BCUT2D eigenvalue weighted by molar-refractivity contribution is 7.90. The van der Waals surface area contributed by atoms with Gasteiger partial charge in [0.2, 0.25) is 0 Å². The minimum Gasteiger partial charge on any atom is -0.342 e. The Morgan fingerprint density at radius 2 is 1.90 bits per heavy atom. The summed E-state index contributed by atoms with van der Waals surface area (Å²) in [6.45, 7) is 2.43. The number of halogens is 3. The van der Waals surface area contributed by atoms with Gasteiger partial charge in [0, 0.05) is 30.1 Å². The van der Waals surface area contributed by atoms with Gasteiger partial charge in [-0.05, 0) is 62.0 Å². The molecular formula is C21H25F3N2O3S2. The number of carbonyl (C=O) groups excluding carboxylic acids is 1. The van der Waals surface area contributed by atoms with Crippen molar-refractivity contribution in [2.75, 3.05) is 32.9 Å². The number of hydrogen-bond donors (Lipinski definition) is 1. The van der Waals surface area contributed by atoms with Gasteiger partial charge in [-0.15, -0.1) is 11.3 Å². The Bertz CT molecular complexity index is 1040. The van der Waals surface area contributed by atoms with Crippen LogP contribution in [0.25, 0.3) is 10.4 Å². The van der Waals surface area contributed by atoms with E-state index in [4.69, 9.17) is 0 Å². The number of hydrogen-bond acceptors (Lipinski definition) is 5. The number of sulfone groups is 1. The van der Waals surface area contributed by atoms with E-state index in [0.717, 1.165) is 61.4 Å². The quantitative estimate of drug-likeness (QED) is 0.678. The fraction of sp³-hybridized carbons (Fsp3) is 0.476. The molecule has 3 rings (SSSR count). The van der Waals surface area contributed by atoms with E-state index >= 15 is 0 Å². The fourth-order valence-corrected chi connectivity index (χ4v) is 5.46. The molecule has 0 unspecified atom stereocenters. The SMILES string of the molecule is CN(CCC1CCNCC1)C(=O)c1ccc(-c2cc(C(F)(F)F)cs2)cc1S(C)(=O)=O. The van der Waals surface area contributed by atoms with Crippen LogP contribution < -0.4 is 5.32 Å². The number of alkyl halides is 3. The molecule has 1 fully saturated rings. The zero-order chi connectivity index (χ0) is 22.8. The van der Waals surface area contributed by atoms with Gasteiger partial charge in [-0.3, -0.25) is 4.79 Å². The number of nitrogens with one attached hydrogen (secondary N) is 1. The molecule has 0 bridgehead atoms. The van der Waals surface area contributed by atoms with E-state index in [1.807, 2.05) is 0 Å². The Kier molecular flexibility index (Phi) is 7.12. The van der Waals surface area contributed by atoms with E-state index < -0.39 is 27.5 Å². The van der Waals surface area contributed by atoms with Crippen molar-refractivity contribution in [1.82, 2.24) is 10.2 Å². The van der Waals surface area contributed by atoms with Crippen LogP contribution in [-0.2, 0) is 16.0 Å². The number of piperidine rings is 1. The molecule has 0 spiro atoms. The molecule has 0 aliphatic carbocycles. The zero-order valence-electron chi connectivity index (χ0n) is 17.3. The van der Waals surface area contributed by atoms with Gasteiger partial charge in [-0.25, -0.2) is 8.42 Å². The van der Waals surface area contributed by atoms with Gasteiger partial charge in [-0.2, -0.15) is 13.2 Å². The van der Waals surface area contributed by atoms with E-state index in [0.29, 0.717) is 18.0 Å². The van der Waals surface area contributed by atoms with Gasteiger partial charge in [0.1, 0.15) is 0 Å². The number of rotatable bonds is 6. The topological polar surface area (TPSA) is 66.5 Å². The van der Waals surface area contributed by atoms with Gasteiger partial charge in [0.25, 0.3) is 5.91 Å². The second-order valence-electron chi connectivity index (χ2n) is 7.89. The van der Waals surface area contributed by atoms with E-state index in [-0.39, 0.29) is 15.3 Å². The molecule has 31 heavy (non-hydrogen) atoms. The summed E-state index contributed by atoms with van der Waals surface area (Å²) in [5.41, 5.74) is -0.423. The number of carbonyl (C=O) groups is 1. The Labute approximate surface area is 184 Å². The van der Waals surface area contributed by atoms with Crippen LogP contribution in [0.1, 0.15) is 35.2 Å². The molecule has 5 nitrogen and oxygen atoms in total. The summed E-state index contributed by atoms with van der Waals surface area (Å²) in [6, 6.07) is 5.16. The van der Waals surface area contributed by atoms with Gasteiger partial charge in [0.15, 0.2) is 9.84 Å². The number of nitrogens with zero attached hydrogens (tertiary/aromatic N) is 1. The minimum atomic E-state index is -4.47. The van der Waals surface area contributed by atoms with Crippen molar-refractivity contribution >= 4 is 27.1 Å². The van der Waals surface area contributed by atoms with E-state index in [1.165, 1.54) is 23.1 Å². The van der Waals surface area contributed by atoms with Crippen LogP contribution in [0.5, 0.6) is 0 Å². The molecule has 0 saturated carbocycles. The zero-order valence-corrected chi connectivity index (χ0v) is 19.0. The van der Waals surface area contributed by atoms with Crippen molar-refractivity contribution in [2.45, 2.75) is 30.3 Å². The summed E-state index contributed by atoms with van der Waals surface area (Å²) in [4.78, 5) is 14.6. The third kappa shape index (κ3) is 5.87. The van der Waals surface area contributed by atoms with Gasteiger partial charge in [-0.1, -0.05) is 6.07 Å². The Hall–Kier alpha value is -1.91. The second-order valence-corrected chi connectivity index (χ2v) is 10.8. The monoisotopic (exact) mass is 474 g/mol. The van der Waals surface area contributed by atoms with Crippen LogP contribution >= 0.6 is 11.3 Å². The first-order valence-corrected chi connectivity index (χ1v) is 12.7. The fourth-order valence-electron chi connectivity index (χ4n) is 3.65. The predicted molar refractivity (Wildman–Crippen MR) is 115 cm³/mol. The van der Waals surface area contributed by atoms with Gasteiger partial charge < -0.3 is 10.2 Å². The molecule has 1 aromatic carbocycles. The smallest absolute Gasteiger partial charge is 0.342 e. The first-order chi connectivity index (χ1) is 14.5. The summed E-state index contributed by atoms with van der Waals surface area (Å²) in [5.74, 6) is 0.109. The van der Waals surface area contributed by atoms with E-state index in [9.17, 15) is 26.4 Å². The second kappa shape index (κ2) is 9.30. The molecule has 0 radical (unpaired) electrons. The van der Waals surface area contributed by atoms with Gasteiger partial charge in [0.05, 0.1) is 16.0 Å². The summed E-state index contributed by atoms with van der Waals surface area (Å²) >= 11 is 0.878. The van der Waals surface area contributed by atoms with Crippen LogP contribution in [0, 0.1) is 5.92 Å². The van der Waals surface area contributed by atoms with Crippen molar-refractivity contribution < 1.29 is 26.4 Å². The maximum atomic E-state index is 13.0. The molecular weight excluding hydrogens is 449 g/mol. The predicted octanol–water partition coefficient (Wildman–Crippen LogP) is 4.30. The molecule has 1 saturated heterocycles. The minimum absolute atomic E-state index is 0.0339.